The summed E-state index contributed by atoms with van der Waals surface area (Å²) in [7, 11) is 0. The van der Waals surface area contributed by atoms with E-state index in [-0.39, 0.29) is 29.7 Å². The standard InChI is InChI=1S/C38H30N2O4/c1-20(2)19-21(3)40-37(43)29-15-11-25-23-9-13-27-33-28(36(42)39(35(27)41)18-17-22-7-5-4-6-8-22)14-10-24(31(23)33)26-12-16-30(38(40)44)34(29)32(25)26/h4-16,20-21H,17-19H2,1-3H3. The molecule has 4 amide bonds. The van der Waals surface area contributed by atoms with Gasteiger partial charge in [0.05, 0.1) is 0 Å². The third kappa shape index (κ3) is 3.54. The van der Waals surface area contributed by atoms with Crippen LogP contribution in [0.1, 0.15) is 74.2 Å². The second kappa shape index (κ2) is 9.45. The van der Waals surface area contributed by atoms with Crippen molar-refractivity contribution in [1.29, 1.82) is 0 Å². The number of imide groups is 2. The zero-order valence-electron chi connectivity index (χ0n) is 24.8. The van der Waals surface area contributed by atoms with Gasteiger partial charge in [0.25, 0.3) is 23.6 Å². The lowest BCUT2D eigenvalue weighted by atomic mass is 9.82. The van der Waals surface area contributed by atoms with E-state index in [4.69, 9.17) is 0 Å². The first-order valence-electron chi connectivity index (χ1n) is 15.2. The molecule has 0 fully saturated rings. The maximum Gasteiger partial charge on any atom is 0.261 e. The maximum absolute atomic E-state index is 13.8. The predicted molar refractivity (Wildman–Crippen MR) is 173 cm³/mol. The molecule has 1 unspecified atom stereocenters. The third-order valence-electron chi connectivity index (χ3n) is 9.47. The van der Waals surface area contributed by atoms with E-state index in [2.05, 4.69) is 13.8 Å². The molecule has 6 aromatic carbocycles. The van der Waals surface area contributed by atoms with Gasteiger partial charge in [-0.3, -0.25) is 29.0 Å². The molecule has 0 N–H and O–H groups in total. The summed E-state index contributed by atoms with van der Waals surface area (Å²) >= 11 is 0. The molecule has 0 bridgehead atoms. The minimum Gasteiger partial charge on any atom is -0.274 e. The number of carbonyl (C=O) groups excluding carboxylic acids is 4. The molecule has 0 saturated heterocycles. The lowest BCUT2D eigenvalue weighted by molar-refractivity contribution is 0.0532. The van der Waals surface area contributed by atoms with Crippen molar-refractivity contribution in [3.63, 3.8) is 0 Å². The van der Waals surface area contributed by atoms with Crippen LogP contribution in [0, 0.1) is 5.92 Å². The third-order valence-corrected chi connectivity index (χ3v) is 9.47. The van der Waals surface area contributed by atoms with Crippen LogP contribution in [-0.2, 0) is 6.42 Å². The molecule has 0 saturated carbocycles. The number of hydrogen-bond acceptors (Lipinski definition) is 4. The fraction of sp³-hybridized carbons (Fsp3) is 0.211. The Labute approximate surface area is 254 Å². The van der Waals surface area contributed by atoms with Crippen LogP contribution in [0.25, 0.3) is 43.1 Å². The van der Waals surface area contributed by atoms with Crippen molar-refractivity contribution in [2.75, 3.05) is 6.54 Å². The van der Waals surface area contributed by atoms with Crippen LogP contribution in [0.2, 0.25) is 0 Å². The molecule has 2 aliphatic heterocycles. The van der Waals surface area contributed by atoms with Crippen molar-refractivity contribution in [3.05, 3.63) is 107 Å². The average molecular weight is 579 g/mol. The van der Waals surface area contributed by atoms with E-state index in [1.165, 1.54) is 9.80 Å². The smallest absolute Gasteiger partial charge is 0.261 e. The number of hydrogen-bond donors (Lipinski definition) is 0. The molecule has 6 heteroatoms. The summed E-state index contributed by atoms with van der Waals surface area (Å²) < 4.78 is 0. The molecule has 0 aliphatic carbocycles. The highest BCUT2D eigenvalue weighted by Gasteiger charge is 2.38. The molecular formula is C38H30N2O4. The number of fused-ring (bicyclic) bond motifs is 2. The second-order valence-electron chi connectivity index (χ2n) is 12.6. The molecule has 0 spiro atoms. The van der Waals surface area contributed by atoms with Gasteiger partial charge in [-0.1, -0.05) is 68.4 Å². The van der Waals surface area contributed by atoms with Gasteiger partial charge in [-0.25, -0.2) is 0 Å². The van der Waals surface area contributed by atoms with E-state index in [0.717, 1.165) is 44.3 Å². The Balaban J connectivity index is 1.32. The van der Waals surface area contributed by atoms with Crippen LogP contribution in [-0.4, -0.2) is 46.0 Å². The van der Waals surface area contributed by atoms with Crippen LogP contribution in [0.3, 0.4) is 0 Å². The number of nitrogens with zero attached hydrogens (tertiary/aromatic N) is 2. The Morgan fingerprint density at radius 2 is 0.955 bits per heavy atom. The second-order valence-corrected chi connectivity index (χ2v) is 12.6. The van der Waals surface area contributed by atoms with E-state index in [0.29, 0.717) is 51.9 Å². The van der Waals surface area contributed by atoms with Crippen molar-refractivity contribution in [3.8, 4) is 0 Å². The van der Waals surface area contributed by atoms with Crippen molar-refractivity contribution in [1.82, 2.24) is 9.80 Å². The van der Waals surface area contributed by atoms with E-state index < -0.39 is 0 Å². The van der Waals surface area contributed by atoms with Crippen LogP contribution in [0.4, 0.5) is 0 Å². The molecule has 6 nitrogen and oxygen atoms in total. The molecule has 6 aromatic rings. The average Bonchev–Trinajstić information content (AvgIpc) is 3.02. The van der Waals surface area contributed by atoms with Crippen LogP contribution < -0.4 is 0 Å². The Morgan fingerprint density at radius 3 is 1.39 bits per heavy atom. The molecule has 2 aliphatic rings. The predicted octanol–water partition coefficient (Wildman–Crippen LogP) is 7.61. The van der Waals surface area contributed by atoms with Gasteiger partial charge in [-0.15, -0.1) is 0 Å². The molecule has 1 atom stereocenters. The normalized spacial score (nSPS) is 15.6. The van der Waals surface area contributed by atoms with Crippen molar-refractivity contribution in [2.45, 2.75) is 39.7 Å². The molecular weight excluding hydrogens is 548 g/mol. The number of rotatable bonds is 6. The minimum atomic E-state index is -0.287. The first-order valence-corrected chi connectivity index (χ1v) is 15.2. The molecule has 0 aromatic heterocycles. The number of amides is 4. The Bertz CT molecular complexity index is 2110. The van der Waals surface area contributed by atoms with Gasteiger partial charge in [0.2, 0.25) is 0 Å². The summed E-state index contributed by atoms with van der Waals surface area (Å²) in [5.74, 6) is -0.755. The zero-order valence-corrected chi connectivity index (χ0v) is 24.8. The van der Waals surface area contributed by atoms with Crippen molar-refractivity contribution < 1.29 is 19.2 Å². The Hall–Kier alpha value is -5.10. The molecule has 8 rings (SSSR count). The summed E-state index contributed by atoms with van der Waals surface area (Å²) in [5, 5.41) is 6.66. The first-order chi connectivity index (χ1) is 21.3. The van der Waals surface area contributed by atoms with E-state index in [1.807, 2.05) is 85.8 Å². The largest absolute Gasteiger partial charge is 0.274 e. The number of carbonyl (C=O) groups is 4. The zero-order chi connectivity index (χ0) is 30.4. The fourth-order valence-electron chi connectivity index (χ4n) is 7.61. The molecule has 0 radical (unpaired) electrons. The molecule has 216 valence electrons. The van der Waals surface area contributed by atoms with Gasteiger partial charge in [-0.2, -0.15) is 0 Å². The first kappa shape index (κ1) is 26.5. The maximum atomic E-state index is 13.8. The van der Waals surface area contributed by atoms with Gasteiger partial charge in [0.1, 0.15) is 0 Å². The van der Waals surface area contributed by atoms with E-state index in [9.17, 15) is 19.2 Å². The van der Waals surface area contributed by atoms with Crippen LogP contribution in [0.15, 0.2) is 78.9 Å². The van der Waals surface area contributed by atoms with Crippen molar-refractivity contribution >= 4 is 66.7 Å². The Morgan fingerprint density at radius 1 is 0.523 bits per heavy atom. The van der Waals surface area contributed by atoms with E-state index in [1.54, 1.807) is 0 Å². The topological polar surface area (TPSA) is 74.8 Å². The van der Waals surface area contributed by atoms with Crippen LogP contribution in [0.5, 0.6) is 0 Å². The highest BCUT2D eigenvalue weighted by atomic mass is 16.2. The lowest BCUT2D eigenvalue weighted by Crippen LogP contribution is -2.46. The summed E-state index contributed by atoms with van der Waals surface area (Å²) in [6, 6.07) is 24.7. The quantitative estimate of drug-likeness (QED) is 0.116. The van der Waals surface area contributed by atoms with Crippen molar-refractivity contribution in [2.24, 2.45) is 5.92 Å². The molecule has 2 heterocycles. The van der Waals surface area contributed by atoms with Gasteiger partial charge in [0, 0.05) is 45.6 Å². The molecule has 44 heavy (non-hydrogen) atoms. The Kier molecular flexibility index (Phi) is 5.70. The van der Waals surface area contributed by atoms with Gasteiger partial charge in [-0.05, 0) is 87.8 Å². The summed E-state index contributed by atoms with van der Waals surface area (Å²) in [6.45, 7) is 6.41. The van der Waals surface area contributed by atoms with Gasteiger partial charge in [0.15, 0.2) is 0 Å². The monoisotopic (exact) mass is 578 g/mol. The minimum absolute atomic E-state index is 0.218. The van der Waals surface area contributed by atoms with Gasteiger partial charge < -0.3 is 0 Å². The van der Waals surface area contributed by atoms with Gasteiger partial charge >= 0.3 is 0 Å². The summed E-state index contributed by atoms with van der Waals surface area (Å²) in [4.78, 5) is 58.0. The summed E-state index contributed by atoms with van der Waals surface area (Å²) in [5.41, 5.74) is 3.16. The highest BCUT2D eigenvalue weighted by Crippen LogP contribution is 2.46. The number of benzene rings is 6. The van der Waals surface area contributed by atoms with Crippen LogP contribution >= 0.6 is 0 Å². The lowest BCUT2D eigenvalue weighted by Gasteiger charge is -2.33. The summed E-state index contributed by atoms with van der Waals surface area (Å²) in [6.07, 6.45) is 1.31. The van der Waals surface area contributed by atoms with E-state index >= 15 is 0 Å². The SMILES string of the molecule is CC(C)CC(C)N1C(=O)c2ccc3c4ccc5c6c(ccc(c7ccc(c2c37)C1=O)c64)C(=O)N(CCc1ccccc1)C5=O. The highest BCUT2D eigenvalue weighted by molar-refractivity contribution is 6.41. The fourth-order valence-corrected chi connectivity index (χ4v) is 7.61.